The number of carbonyl (C=O) groups is 2. The van der Waals surface area contributed by atoms with Crippen molar-refractivity contribution in [3.05, 3.63) is 64.2 Å². The molecule has 0 unspecified atom stereocenters. The lowest BCUT2D eigenvalue weighted by atomic mass is 10.1. The van der Waals surface area contributed by atoms with Crippen LogP contribution in [0.2, 0.25) is 5.02 Å². The zero-order valence-electron chi connectivity index (χ0n) is 19.1. The molecule has 168 valence electrons. The van der Waals surface area contributed by atoms with Gasteiger partial charge in [0.1, 0.15) is 11.8 Å². The van der Waals surface area contributed by atoms with Crippen molar-refractivity contribution in [3.8, 4) is 5.75 Å². The van der Waals surface area contributed by atoms with Gasteiger partial charge in [-0.3, -0.25) is 9.59 Å². The number of nitrogens with zero attached hydrogens (tertiary/aromatic N) is 1. The molecule has 1 atom stereocenters. The molecule has 5 nitrogen and oxygen atoms in total. The molecule has 2 amide bonds. The van der Waals surface area contributed by atoms with Crippen molar-refractivity contribution in [3.63, 3.8) is 0 Å². The summed E-state index contributed by atoms with van der Waals surface area (Å²) in [5.41, 5.74) is 3.04. The number of ether oxygens (including phenoxy) is 1. The Bertz CT molecular complexity index is 898. The molecule has 1 N–H and O–H groups in total. The van der Waals surface area contributed by atoms with E-state index >= 15 is 0 Å². The maximum Gasteiger partial charge on any atom is 0.261 e. The van der Waals surface area contributed by atoms with Crippen LogP contribution in [-0.4, -0.2) is 35.9 Å². The van der Waals surface area contributed by atoms with Crippen molar-refractivity contribution in [1.82, 2.24) is 10.2 Å². The third-order valence-corrected chi connectivity index (χ3v) is 5.58. The second-order valence-corrected chi connectivity index (χ2v) is 8.62. The Kier molecular flexibility index (Phi) is 9.38. The van der Waals surface area contributed by atoms with Crippen LogP contribution in [0.4, 0.5) is 0 Å². The number of hydrogen-bond acceptors (Lipinski definition) is 3. The lowest BCUT2D eigenvalue weighted by Crippen LogP contribution is -2.50. The van der Waals surface area contributed by atoms with Crippen LogP contribution in [-0.2, 0) is 16.1 Å². The highest BCUT2D eigenvalue weighted by Crippen LogP contribution is 2.21. The Morgan fingerprint density at radius 1 is 1.10 bits per heavy atom. The third kappa shape index (κ3) is 7.28. The lowest BCUT2D eigenvalue weighted by Gasteiger charge is -2.31. The molecule has 2 rings (SSSR count). The SMILES string of the molecule is CC[C@@H](C(=O)NCC(C)C)N(Cc1ccccc1Cl)C(=O)COc1ccc(C)c(C)c1. The highest BCUT2D eigenvalue weighted by Gasteiger charge is 2.29. The monoisotopic (exact) mass is 444 g/mol. The average molecular weight is 445 g/mol. The van der Waals surface area contributed by atoms with E-state index in [4.69, 9.17) is 16.3 Å². The Labute approximate surface area is 190 Å². The minimum Gasteiger partial charge on any atom is -0.484 e. The summed E-state index contributed by atoms with van der Waals surface area (Å²) in [5, 5.41) is 3.51. The molecule has 0 fully saturated rings. The minimum atomic E-state index is -0.606. The summed E-state index contributed by atoms with van der Waals surface area (Å²) in [7, 11) is 0. The Morgan fingerprint density at radius 2 is 1.81 bits per heavy atom. The van der Waals surface area contributed by atoms with Crippen LogP contribution >= 0.6 is 11.6 Å². The molecule has 0 radical (unpaired) electrons. The molecule has 0 aliphatic carbocycles. The second kappa shape index (κ2) is 11.8. The van der Waals surface area contributed by atoms with Gasteiger partial charge in [-0.25, -0.2) is 0 Å². The summed E-state index contributed by atoms with van der Waals surface area (Å²) in [4.78, 5) is 27.6. The third-order valence-electron chi connectivity index (χ3n) is 5.21. The van der Waals surface area contributed by atoms with Crippen LogP contribution in [0.3, 0.4) is 0 Å². The number of amides is 2. The summed E-state index contributed by atoms with van der Waals surface area (Å²) in [6.45, 7) is 10.6. The molecule has 0 aliphatic heterocycles. The van der Waals surface area contributed by atoms with Gasteiger partial charge in [0.25, 0.3) is 5.91 Å². The Balaban J connectivity index is 2.22. The summed E-state index contributed by atoms with van der Waals surface area (Å²) in [6, 6.07) is 12.5. The zero-order chi connectivity index (χ0) is 23.0. The molecular weight excluding hydrogens is 412 g/mol. The number of nitrogens with one attached hydrogen (secondary N) is 1. The van der Waals surface area contributed by atoms with Crippen LogP contribution < -0.4 is 10.1 Å². The summed E-state index contributed by atoms with van der Waals surface area (Å²) < 4.78 is 5.77. The molecule has 0 aliphatic rings. The summed E-state index contributed by atoms with van der Waals surface area (Å²) in [6.07, 6.45) is 0.490. The van der Waals surface area contributed by atoms with E-state index in [2.05, 4.69) is 5.32 Å². The predicted octanol–water partition coefficient (Wildman–Crippen LogP) is 4.92. The first kappa shape index (κ1) is 24.7. The zero-order valence-corrected chi connectivity index (χ0v) is 19.8. The normalized spacial score (nSPS) is 11.8. The van der Waals surface area contributed by atoms with E-state index < -0.39 is 6.04 Å². The topological polar surface area (TPSA) is 58.6 Å². The van der Waals surface area contributed by atoms with Gasteiger partial charge in [-0.15, -0.1) is 0 Å². The van der Waals surface area contributed by atoms with Gasteiger partial charge >= 0.3 is 0 Å². The van der Waals surface area contributed by atoms with Gasteiger partial charge in [-0.1, -0.05) is 56.6 Å². The maximum atomic E-state index is 13.2. The number of rotatable bonds is 10. The van der Waals surface area contributed by atoms with Gasteiger partial charge in [0.15, 0.2) is 6.61 Å². The van der Waals surface area contributed by atoms with E-state index in [9.17, 15) is 9.59 Å². The Hall–Kier alpha value is -2.53. The first-order valence-electron chi connectivity index (χ1n) is 10.7. The fourth-order valence-corrected chi connectivity index (χ4v) is 3.38. The fraction of sp³-hybridized carbons (Fsp3) is 0.440. The van der Waals surface area contributed by atoms with Gasteiger partial charge in [0.2, 0.25) is 5.91 Å². The molecule has 0 saturated heterocycles. The van der Waals surface area contributed by atoms with Crippen LogP contribution in [0.5, 0.6) is 5.75 Å². The summed E-state index contributed by atoms with van der Waals surface area (Å²) >= 11 is 6.34. The van der Waals surface area contributed by atoms with Gasteiger partial charge in [0, 0.05) is 18.1 Å². The predicted molar refractivity (Wildman–Crippen MR) is 125 cm³/mol. The highest BCUT2D eigenvalue weighted by molar-refractivity contribution is 6.31. The van der Waals surface area contributed by atoms with Crippen molar-refractivity contribution in [2.45, 2.75) is 53.6 Å². The van der Waals surface area contributed by atoms with E-state index in [0.717, 1.165) is 16.7 Å². The van der Waals surface area contributed by atoms with Gasteiger partial charge in [-0.2, -0.15) is 0 Å². The number of hydrogen-bond donors (Lipinski definition) is 1. The van der Waals surface area contributed by atoms with Crippen LogP contribution in [0.1, 0.15) is 43.9 Å². The van der Waals surface area contributed by atoms with Crippen molar-refractivity contribution in [2.24, 2.45) is 5.92 Å². The summed E-state index contributed by atoms with van der Waals surface area (Å²) in [5.74, 6) is 0.529. The molecule has 31 heavy (non-hydrogen) atoms. The number of halogens is 1. The van der Waals surface area contributed by atoms with Crippen molar-refractivity contribution in [1.29, 1.82) is 0 Å². The van der Waals surface area contributed by atoms with Crippen LogP contribution in [0.25, 0.3) is 0 Å². The molecule has 0 bridgehead atoms. The van der Waals surface area contributed by atoms with Crippen LogP contribution in [0, 0.1) is 19.8 Å². The van der Waals surface area contributed by atoms with Crippen molar-refractivity contribution >= 4 is 23.4 Å². The standard InChI is InChI=1S/C25H33ClN2O3/c1-6-23(25(30)27-14-17(2)3)28(15-20-9-7-8-10-22(20)26)24(29)16-31-21-12-11-18(4)19(5)13-21/h7-13,17,23H,6,14-16H2,1-5H3,(H,27,30)/t23-/m0/s1. The average Bonchev–Trinajstić information content (AvgIpc) is 2.74. The Morgan fingerprint density at radius 3 is 2.42 bits per heavy atom. The van der Waals surface area contributed by atoms with Crippen molar-refractivity contribution < 1.29 is 14.3 Å². The maximum absolute atomic E-state index is 13.2. The van der Waals surface area contributed by atoms with E-state index in [0.29, 0.717) is 29.7 Å². The quantitative estimate of drug-likeness (QED) is 0.566. The smallest absolute Gasteiger partial charge is 0.261 e. The first-order chi connectivity index (χ1) is 14.7. The number of benzene rings is 2. The molecular formula is C25H33ClN2O3. The molecule has 0 aromatic heterocycles. The van der Waals surface area contributed by atoms with Gasteiger partial charge < -0.3 is 15.0 Å². The number of carbonyl (C=O) groups excluding carboxylic acids is 2. The van der Waals surface area contributed by atoms with E-state index in [-0.39, 0.29) is 25.0 Å². The minimum absolute atomic E-state index is 0.152. The molecule has 2 aromatic rings. The molecule has 6 heteroatoms. The lowest BCUT2D eigenvalue weighted by molar-refractivity contribution is -0.143. The second-order valence-electron chi connectivity index (χ2n) is 8.21. The molecule has 0 spiro atoms. The molecule has 2 aromatic carbocycles. The fourth-order valence-electron chi connectivity index (χ4n) is 3.18. The molecule has 0 saturated carbocycles. The largest absolute Gasteiger partial charge is 0.484 e. The van der Waals surface area contributed by atoms with Crippen molar-refractivity contribution in [2.75, 3.05) is 13.2 Å². The number of aryl methyl sites for hydroxylation is 2. The highest BCUT2D eigenvalue weighted by atomic mass is 35.5. The van der Waals surface area contributed by atoms with E-state index in [1.807, 2.05) is 71.0 Å². The molecule has 0 heterocycles. The van der Waals surface area contributed by atoms with Crippen LogP contribution in [0.15, 0.2) is 42.5 Å². The first-order valence-corrected chi connectivity index (χ1v) is 11.1. The van der Waals surface area contributed by atoms with Gasteiger partial charge in [0.05, 0.1) is 0 Å². The van der Waals surface area contributed by atoms with E-state index in [1.54, 1.807) is 11.0 Å². The van der Waals surface area contributed by atoms with E-state index in [1.165, 1.54) is 0 Å². The van der Waals surface area contributed by atoms with Gasteiger partial charge in [-0.05, 0) is 61.1 Å².